The monoisotopic (exact) mass is 384 g/mol. The van der Waals surface area contributed by atoms with Crippen molar-refractivity contribution in [3.63, 3.8) is 0 Å². The summed E-state index contributed by atoms with van der Waals surface area (Å²) < 4.78 is 16.3. The van der Waals surface area contributed by atoms with Crippen molar-refractivity contribution in [2.24, 2.45) is 0 Å². The first kappa shape index (κ1) is 19.9. The Balaban J connectivity index is 1.61. The van der Waals surface area contributed by atoms with E-state index in [1.807, 2.05) is 30.9 Å². The number of carbonyl (C=O) groups is 1. The molecule has 150 valence electrons. The first-order valence-electron chi connectivity index (χ1n) is 9.54. The van der Waals surface area contributed by atoms with Crippen LogP contribution >= 0.6 is 0 Å². The Morgan fingerprint density at radius 1 is 0.893 bits per heavy atom. The molecule has 0 radical (unpaired) electrons. The molecule has 2 aromatic carbocycles. The van der Waals surface area contributed by atoms with Crippen LogP contribution in [0.4, 0.5) is 5.69 Å². The molecular formula is C22H28N2O4. The summed E-state index contributed by atoms with van der Waals surface area (Å²) in [5.74, 6) is 2.08. The average molecular weight is 384 g/mol. The van der Waals surface area contributed by atoms with Gasteiger partial charge in [0.2, 0.25) is 0 Å². The quantitative estimate of drug-likeness (QED) is 0.764. The topological polar surface area (TPSA) is 51.2 Å². The molecule has 0 aliphatic carbocycles. The molecule has 3 rings (SSSR count). The zero-order valence-corrected chi connectivity index (χ0v) is 17.0. The zero-order valence-electron chi connectivity index (χ0n) is 17.0. The zero-order chi connectivity index (χ0) is 20.1. The minimum absolute atomic E-state index is 0.0151. The number of carbonyl (C=O) groups excluding carboxylic acids is 1. The van der Waals surface area contributed by atoms with E-state index in [2.05, 4.69) is 17.0 Å². The van der Waals surface area contributed by atoms with Crippen molar-refractivity contribution < 1.29 is 19.0 Å². The highest BCUT2D eigenvalue weighted by Crippen LogP contribution is 2.28. The fraction of sp³-hybridized carbons (Fsp3) is 0.409. The Morgan fingerprint density at radius 3 is 2.11 bits per heavy atom. The Bertz CT molecular complexity index is 797. The van der Waals surface area contributed by atoms with E-state index in [1.54, 1.807) is 32.4 Å². The first-order chi connectivity index (χ1) is 13.5. The molecule has 0 unspecified atom stereocenters. The number of methoxy groups -OCH3 is 2. The van der Waals surface area contributed by atoms with Crippen molar-refractivity contribution in [2.75, 3.05) is 45.3 Å². The van der Waals surface area contributed by atoms with E-state index in [-0.39, 0.29) is 12.0 Å². The van der Waals surface area contributed by atoms with Gasteiger partial charge in [-0.05, 0) is 56.3 Å². The first-order valence-corrected chi connectivity index (χ1v) is 9.54. The van der Waals surface area contributed by atoms with Gasteiger partial charge in [0.1, 0.15) is 5.75 Å². The van der Waals surface area contributed by atoms with Gasteiger partial charge in [-0.3, -0.25) is 4.79 Å². The molecule has 6 nitrogen and oxygen atoms in total. The predicted octanol–water partition coefficient (Wildman–Crippen LogP) is 3.45. The Kier molecular flexibility index (Phi) is 6.29. The lowest BCUT2D eigenvalue weighted by Crippen LogP contribution is -2.48. The van der Waals surface area contributed by atoms with Crippen LogP contribution in [0, 0.1) is 0 Å². The van der Waals surface area contributed by atoms with E-state index >= 15 is 0 Å². The molecule has 0 saturated carbocycles. The SMILES string of the molecule is COc1ccc(C(=O)N2CCN(c3ccc(OC(C)C)cc3)CC2)cc1OC. The maximum absolute atomic E-state index is 12.9. The summed E-state index contributed by atoms with van der Waals surface area (Å²) in [7, 11) is 3.16. The summed E-state index contributed by atoms with van der Waals surface area (Å²) in [6.45, 7) is 6.98. The summed E-state index contributed by atoms with van der Waals surface area (Å²) in [6.07, 6.45) is 0.164. The maximum Gasteiger partial charge on any atom is 0.254 e. The van der Waals surface area contributed by atoms with Gasteiger partial charge in [0.05, 0.1) is 20.3 Å². The van der Waals surface area contributed by atoms with E-state index in [0.717, 1.165) is 24.5 Å². The molecule has 0 bridgehead atoms. The second kappa shape index (κ2) is 8.87. The third-order valence-electron chi connectivity index (χ3n) is 4.77. The lowest BCUT2D eigenvalue weighted by Gasteiger charge is -2.36. The molecule has 1 fully saturated rings. The predicted molar refractivity (Wildman–Crippen MR) is 110 cm³/mol. The molecule has 0 N–H and O–H groups in total. The van der Waals surface area contributed by atoms with Gasteiger partial charge in [0, 0.05) is 37.4 Å². The highest BCUT2D eigenvalue weighted by molar-refractivity contribution is 5.95. The maximum atomic E-state index is 12.9. The number of rotatable bonds is 6. The lowest BCUT2D eigenvalue weighted by atomic mass is 10.1. The fourth-order valence-electron chi connectivity index (χ4n) is 3.33. The smallest absolute Gasteiger partial charge is 0.254 e. The molecule has 0 atom stereocenters. The van der Waals surface area contributed by atoms with Gasteiger partial charge >= 0.3 is 0 Å². The number of hydrogen-bond donors (Lipinski definition) is 0. The summed E-state index contributed by atoms with van der Waals surface area (Å²) in [5.41, 5.74) is 1.76. The van der Waals surface area contributed by atoms with Crippen LogP contribution in [0.25, 0.3) is 0 Å². The summed E-state index contributed by atoms with van der Waals surface area (Å²) in [4.78, 5) is 17.0. The van der Waals surface area contributed by atoms with E-state index < -0.39 is 0 Å². The third kappa shape index (κ3) is 4.50. The summed E-state index contributed by atoms with van der Waals surface area (Å²) in [6, 6.07) is 13.4. The van der Waals surface area contributed by atoms with Gasteiger partial charge in [-0.2, -0.15) is 0 Å². The molecule has 1 aliphatic rings. The Morgan fingerprint density at radius 2 is 1.54 bits per heavy atom. The van der Waals surface area contributed by atoms with Crippen molar-refractivity contribution in [1.29, 1.82) is 0 Å². The highest BCUT2D eigenvalue weighted by atomic mass is 16.5. The lowest BCUT2D eigenvalue weighted by molar-refractivity contribution is 0.0746. The summed E-state index contributed by atoms with van der Waals surface area (Å²) >= 11 is 0. The van der Waals surface area contributed by atoms with Crippen molar-refractivity contribution in [2.45, 2.75) is 20.0 Å². The van der Waals surface area contributed by atoms with Crippen molar-refractivity contribution >= 4 is 11.6 Å². The van der Waals surface area contributed by atoms with Crippen LogP contribution in [-0.2, 0) is 0 Å². The minimum Gasteiger partial charge on any atom is -0.493 e. The molecule has 1 aliphatic heterocycles. The van der Waals surface area contributed by atoms with E-state index in [4.69, 9.17) is 14.2 Å². The van der Waals surface area contributed by atoms with Crippen LogP contribution in [0.2, 0.25) is 0 Å². The number of piperazine rings is 1. The molecule has 0 spiro atoms. The number of hydrogen-bond acceptors (Lipinski definition) is 5. The molecule has 28 heavy (non-hydrogen) atoms. The van der Waals surface area contributed by atoms with Crippen LogP contribution in [0.3, 0.4) is 0 Å². The number of amides is 1. The van der Waals surface area contributed by atoms with Gasteiger partial charge in [0.15, 0.2) is 11.5 Å². The van der Waals surface area contributed by atoms with Crippen LogP contribution in [0.5, 0.6) is 17.2 Å². The van der Waals surface area contributed by atoms with Crippen molar-refractivity contribution in [3.8, 4) is 17.2 Å². The Hall–Kier alpha value is -2.89. The van der Waals surface area contributed by atoms with Gasteiger partial charge in [-0.25, -0.2) is 0 Å². The van der Waals surface area contributed by atoms with Crippen LogP contribution in [0.1, 0.15) is 24.2 Å². The molecule has 1 amide bonds. The van der Waals surface area contributed by atoms with Crippen molar-refractivity contribution in [3.05, 3.63) is 48.0 Å². The normalized spacial score (nSPS) is 14.2. The molecule has 2 aromatic rings. The van der Waals surface area contributed by atoms with Gasteiger partial charge in [0.25, 0.3) is 5.91 Å². The summed E-state index contributed by atoms with van der Waals surface area (Å²) in [5, 5.41) is 0. The van der Waals surface area contributed by atoms with Crippen LogP contribution < -0.4 is 19.1 Å². The molecule has 0 aromatic heterocycles. The minimum atomic E-state index is 0.0151. The van der Waals surface area contributed by atoms with Crippen molar-refractivity contribution in [1.82, 2.24) is 4.90 Å². The second-order valence-electron chi connectivity index (χ2n) is 7.01. The molecule has 6 heteroatoms. The number of benzene rings is 2. The third-order valence-corrected chi connectivity index (χ3v) is 4.77. The molecular weight excluding hydrogens is 356 g/mol. The van der Waals surface area contributed by atoms with Crippen LogP contribution in [-0.4, -0.2) is 57.3 Å². The fourth-order valence-corrected chi connectivity index (χ4v) is 3.33. The standard InChI is InChI=1S/C22H28N2O4/c1-16(2)28-19-8-6-18(7-9-19)23-11-13-24(14-12-23)22(25)17-5-10-20(26-3)21(15-17)27-4/h5-10,15-16H,11-14H2,1-4H3. The van der Waals surface area contributed by atoms with Crippen LogP contribution in [0.15, 0.2) is 42.5 Å². The van der Waals surface area contributed by atoms with Gasteiger partial charge in [-0.1, -0.05) is 0 Å². The van der Waals surface area contributed by atoms with E-state index in [0.29, 0.717) is 30.2 Å². The number of anilines is 1. The van der Waals surface area contributed by atoms with E-state index in [1.165, 1.54) is 0 Å². The molecule has 1 heterocycles. The van der Waals surface area contributed by atoms with E-state index in [9.17, 15) is 4.79 Å². The average Bonchev–Trinajstić information content (AvgIpc) is 2.73. The van der Waals surface area contributed by atoms with Gasteiger partial charge < -0.3 is 24.0 Å². The highest BCUT2D eigenvalue weighted by Gasteiger charge is 2.23. The molecule has 1 saturated heterocycles. The number of nitrogens with zero attached hydrogens (tertiary/aromatic N) is 2. The second-order valence-corrected chi connectivity index (χ2v) is 7.01. The largest absolute Gasteiger partial charge is 0.493 e. The number of ether oxygens (including phenoxy) is 3. The Labute approximate surface area is 166 Å². The van der Waals surface area contributed by atoms with Gasteiger partial charge in [-0.15, -0.1) is 0 Å².